The summed E-state index contributed by atoms with van der Waals surface area (Å²) in [6.07, 6.45) is 5.41. The summed E-state index contributed by atoms with van der Waals surface area (Å²) in [5, 5.41) is 16.5. The second-order valence-corrected chi connectivity index (χ2v) is 5.48. The molecule has 6 nitrogen and oxygen atoms in total. The Kier molecular flexibility index (Phi) is 4.85. The second kappa shape index (κ2) is 7.21. The SMILES string of the molecule is Cc1ccc(-c2[nH]ncc2CN(CCO)Cc2cccnc2)o1. The number of furan rings is 1. The molecule has 0 spiro atoms. The molecule has 120 valence electrons. The van der Waals surface area contributed by atoms with Gasteiger partial charge in [-0.25, -0.2) is 0 Å². The van der Waals surface area contributed by atoms with Crippen LogP contribution in [0.15, 0.2) is 47.3 Å². The van der Waals surface area contributed by atoms with Crippen molar-refractivity contribution in [1.82, 2.24) is 20.1 Å². The molecule has 0 fully saturated rings. The molecule has 3 aromatic rings. The van der Waals surface area contributed by atoms with Gasteiger partial charge >= 0.3 is 0 Å². The molecule has 0 radical (unpaired) electrons. The normalized spacial score (nSPS) is 11.3. The van der Waals surface area contributed by atoms with E-state index < -0.39 is 0 Å². The minimum Gasteiger partial charge on any atom is -0.460 e. The quantitative estimate of drug-likeness (QED) is 0.700. The lowest BCUT2D eigenvalue weighted by Gasteiger charge is -2.21. The van der Waals surface area contributed by atoms with Crippen LogP contribution in [0.1, 0.15) is 16.9 Å². The number of nitrogens with one attached hydrogen (secondary N) is 1. The summed E-state index contributed by atoms with van der Waals surface area (Å²) in [5.74, 6) is 1.64. The maximum absolute atomic E-state index is 9.33. The smallest absolute Gasteiger partial charge is 0.152 e. The number of aliphatic hydroxyl groups excluding tert-OH is 1. The number of nitrogens with zero attached hydrogens (tertiary/aromatic N) is 3. The highest BCUT2D eigenvalue weighted by molar-refractivity contribution is 5.56. The van der Waals surface area contributed by atoms with Crippen LogP contribution in [0, 0.1) is 6.92 Å². The van der Waals surface area contributed by atoms with Gasteiger partial charge in [-0.15, -0.1) is 0 Å². The van der Waals surface area contributed by atoms with E-state index in [2.05, 4.69) is 20.1 Å². The largest absolute Gasteiger partial charge is 0.460 e. The second-order valence-electron chi connectivity index (χ2n) is 5.48. The van der Waals surface area contributed by atoms with Crippen molar-refractivity contribution in [3.63, 3.8) is 0 Å². The molecule has 23 heavy (non-hydrogen) atoms. The number of aromatic amines is 1. The first-order chi connectivity index (χ1) is 11.3. The van der Waals surface area contributed by atoms with Crippen LogP contribution in [0.5, 0.6) is 0 Å². The van der Waals surface area contributed by atoms with E-state index in [1.807, 2.05) is 37.4 Å². The molecule has 0 amide bonds. The molecule has 0 aromatic carbocycles. The summed E-state index contributed by atoms with van der Waals surface area (Å²) in [6, 6.07) is 7.82. The average Bonchev–Trinajstić information content (AvgIpc) is 3.17. The third-order valence-corrected chi connectivity index (χ3v) is 3.64. The predicted octanol–water partition coefficient (Wildman–Crippen LogP) is 2.37. The van der Waals surface area contributed by atoms with E-state index in [9.17, 15) is 5.11 Å². The van der Waals surface area contributed by atoms with Gasteiger partial charge in [-0.2, -0.15) is 5.10 Å². The Morgan fingerprint density at radius 3 is 2.83 bits per heavy atom. The van der Waals surface area contributed by atoms with Gasteiger partial charge in [-0.1, -0.05) is 6.07 Å². The molecule has 0 unspecified atom stereocenters. The molecule has 0 aliphatic carbocycles. The maximum atomic E-state index is 9.33. The standard InChI is InChI=1S/C17H20N4O2/c1-13-4-5-16(23-13)17-15(10-19-20-17)12-21(7-8-22)11-14-3-2-6-18-9-14/h2-6,9-10,22H,7-8,11-12H2,1H3,(H,19,20). The lowest BCUT2D eigenvalue weighted by Crippen LogP contribution is -2.26. The Hall–Kier alpha value is -2.44. The molecule has 3 rings (SSSR count). The molecule has 0 aliphatic rings. The van der Waals surface area contributed by atoms with Gasteiger partial charge < -0.3 is 9.52 Å². The predicted molar refractivity (Wildman–Crippen MR) is 86.5 cm³/mol. The summed E-state index contributed by atoms with van der Waals surface area (Å²) in [7, 11) is 0. The van der Waals surface area contributed by atoms with E-state index in [0.29, 0.717) is 13.1 Å². The van der Waals surface area contributed by atoms with Crippen molar-refractivity contribution in [3.8, 4) is 11.5 Å². The van der Waals surface area contributed by atoms with E-state index in [1.165, 1.54) is 0 Å². The Morgan fingerprint density at radius 1 is 1.22 bits per heavy atom. The van der Waals surface area contributed by atoms with Crippen molar-refractivity contribution in [2.45, 2.75) is 20.0 Å². The van der Waals surface area contributed by atoms with Crippen LogP contribution in [-0.2, 0) is 13.1 Å². The van der Waals surface area contributed by atoms with Crippen LogP contribution in [0.2, 0.25) is 0 Å². The number of aryl methyl sites for hydroxylation is 1. The van der Waals surface area contributed by atoms with Crippen LogP contribution in [-0.4, -0.2) is 38.3 Å². The number of pyridine rings is 1. The third kappa shape index (κ3) is 3.85. The van der Waals surface area contributed by atoms with Crippen molar-refractivity contribution < 1.29 is 9.52 Å². The Bertz CT molecular complexity index is 736. The number of aromatic nitrogens is 3. The fourth-order valence-electron chi connectivity index (χ4n) is 2.56. The van der Waals surface area contributed by atoms with E-state index in [-0.39, 0.29) is 6.61 Å². The zero-order valence-corrected chi connectivity index (χ0v) is 13.1. The number of aliphatic hydroxyl groups is 1. The van der Waals surface area contributed by atoms with Crippen molar-refractivity contribution in [3.05, 3.63) is 59.7 Å². The number of hydrogen-bond donors (Lipinski definition) is 2. The maximum Gasteiger partial charge on any atom is 0.152 e. The van der Waals surface area contributed by atoms with Crippen molar-refractivity contribution in [1.29, 1.82) is 0 Å². The molecule has 0 saturated heterocycles. The minimum absolute atomic E-state index is 0.104. The first kappa shape index (κ1) is 15.5. The molecular weight excluding hydrogens is 292 g/mol. The molecule has 0 saturated carbocycles. The van der Waals surface area contributed by atoms with Crippen LogP contribution in [0.3, 0.4) is 0 Å². The van der Waals surface area contributed by atoms with E-state index >= 15 is 0 Å². The lowest BCUT2D eigenvalue weighted by atomic mass is 10.2. The minimum atomic E-state index is 0.104. The molecule has 0 atom stereocenters. The number of H-pyrrole nitrogens is 1. The molecule has 0 bridgehead atoms. The summed E-state index contributed by atoms with van der Waals surface area (Å²) in [4.78, 5) is 6.29. The lowest BCUT2D eigenvalue weighted by molar-refractivity contribution is 0.184. The van der Waals surface area contributed by atoms with Gasteiger partial charge in [-0.3, -0.25) is 15.0 Å². The summed E-state index contributed by atoms with van der Waals surface area (Å²) in [6.45, 7) is 3.99. The van der Waals surface area contributed by atoms with E-state index in [0.717, 1.165) is 34.9 Å². The van der Waals surface area contributed by atoms with Gasteiger partial charge in [0.2, 0.25) is 0 Å². The van der Waals surface area contributed by atoms with Crippen molar-refractivity contribution in [2.75, 3.05) is 13.2 Å². The molecular formula is C17H20N4O2. The Labute approximate surface area is 134 Å². The van der Waals surface area contributed by atoms with Crippen LogP contribution in [0.25, 0.3) is 11.5 Å². The van der Waals surface area contributed by atoms with Gasteiger partial charge in [0, 0.05) is 37.6 Å². The van der Waals surface area contributed by atoms with Crippen LogP contribution >= 0.6 is 0 Å². The van der Waals surface area contributed by atoms with Gasteiger partial charge in [0.05, 0.1) is 12.8 Å². The summed E-state index contributed by atoms with van der Waals surface area (Å²) >= 11 is 0. The van der Waals surface area contributed by atoms with E-state index in [1.54, 1.807) is 12.4 Å². The fourth-order valence-corrected chi connectivity index (χ4v) is 2.56. The summed E-state index contributed by atoms with van der Waals surface area (Å²) < 4.78 is 5.68. The molecule has 3 heterocycles. The first-order valence-electron chi connectivity index (χ1n) is 7.57. The van der Waals surface area contributed by atoms with Crippen LogP contribution < -0.4 is 0 Å². The highest BCUT2D eigenvalue weighted by Crippen LogP contribution is 2.24. The zero-order valence-electron chi connectivity index (χ0n) is 13.1. The topological polar surface area (TPSA) is 78.2 Å². The van der Waals surface area contributed by atoms with Crippen molar-refractivity contribution >= 4 is 0 Å². The van der Waals surface area contributed by atoms with Gasteiger partial charge in [0.25, 0.3) is 0 Å². The number of hydrogen-bond acceptors (Lipinski definition) is 5. The summed E-state index contributed by atoms with van der Waals surface area (Å²) in [5.41, 5.74) is 3.03. The highest BCUT2D eigenvalue weighted by atomic mass is 16.3. The Balaban J connectivity index is 1.77. The number of rotatable bonds is 7. The monoisotopic (exact) mass is 312 g/mol. The van der Waals surface area contributed by atoms with Gasteiger partial charge in [0.1, 0.15) is 11.5 Å². The van der Waals surface area contributed by atoms with Crippen molar-refractivity contribution in [2.24, 2.45) is 0 Å². The van der Waals surface area contributed by atoms with Gasteiger partial charge in [0.15, 0.2) is 5.76 Å². The van der Waals surface area contributed by atoms with E-state index in [4.69, 9.17) is 4.42 Å². The third-order valence-electron chi connectivity index (χ3n) is 3.64. The molecule has 6 heteroatoms. The molecule has 2 N–H and O–H groups in total. The average molecular weight is 312 g/mol. The first-order valence-corrected chi connectivity index (χ1v) is 7.57. The highest BCUT2D eigenvalue weighted by Gasteiger charge is 2.15. The Morgan fingerprint density at radius 2 is 2.13 bits per heavy atom. The van der Waals surface area contributed by atoms with Crippen LogP contribution in [0.4, 0.5) is 0 Å². The van der Waals surface area contributed by atoms with Gasteiger partial charge in [-0.05, 0) is 30.7 Å². The fraction of sp³-hybridized carbons (Fsp3) is 0.294. The zero-order chi connectivity index (χ0) is 16.1. The molecule has 3 aromatic heterocycles. The molecule has 0 aliphatic heterocycles.